The maximum atomic E-state index is 5.48. The summed E-state index contributed by atoms with van der Waals surface area (Å²) in [6, 6.07) is 2.48. The first kappa shape index (κ1) is 12.9. The van der Waals surface area contributed by atoms with E-state index in [-0.39, 0.29) is 0 Å². The van der Waals surface area contributed by atoms with E-state index in [1.54, 1.807) is 0 Å². The van der Waals surface area contributed by atoms with Crippen LogP contribution in [0, 0.1) is 5.92 Å². The van der Waals surface area contributed by atoms with Gasteiger partial charge in [-0.15, -0.1) is 0 Å². The van der Waals surface area contributed by atoms with Crippen LogP contribution in [-0.2, 0) is 4.74 Å². The van der Waals surface area contributed by atoms with Crippen molar-refractivity contribution < 1.29 is 4.74 Å². The zero-order chi connectivity index (χ0) is 12.4. The van der Waals surface area contributed by atoms with Crippen LogP contribution < -0.4 is 5.32 Å². The Hall–Kier alpha value is -0.120. The molecule has 3 saturated heterocycles. The van der Waals surface area contributed by atoms with E-state index < -0.39 is 0 Å². The average molecular weight is 252 g/mol. The fourth-order valence-electron chi connectivity index (χ4n) is 4.12. The van der Waals surface area contributed by atoms with Crippen molar-refractivity contribution in [1.29, 1.82) is 0 Å². The number of ether oxygens (including phenoxy) is 1. The average Bonchev–Trinajstić information content (AvgIpc) is 2.76. The first-order chi connectivity index (χ1) is 8.85. The zero-order valence-electron chi connectivity index (χ0n) is 11.7. The number of fused-ring (bicyclic) bond motifs is 2. The van der Waals surface area contributed by atoms with E-state index >= 15 is 0 Å². The second-order valence-corrected chi connectivity index (χ2v) is 6.41. The first-order valence-electron chi connectivity index (χ1n) is 7.93. The Balaban J connectivity index is 1.54. The maximum Gasteiger partial charge on any atom is 0.0469 e. The smallest absolute Gasteiger partial charge is 0.0469 e. The molecule has 0 amide bonds. The van der Waals surface area contributed by atoms with Gasteiger partial charge in [0.1, 0.15) is 0 Å². The number of hydrogen-bond donors (Lipinski definition) is 1. The van der Waals surface area contributed by atoms with Crippen molar-refractivity contribution in [3.05, 3.63) is 0 Å². The minimum absolute atomic E-state index is 0.817. The molecule has 3 heteroatoms. The molecule has 3 nitrogen and oxygen atoms in total. The summed E-state index contributed by atoms with van der Waals surface area (Å²) in [7, 11) is 0. The molecule has 0 aromatic carbocycles. The summed E-state index contributed by atoms with van der Waals surface area (Å²) < 4.78 is 5.48. The third-order valence-corrected chi connectivity index (χ3v) is 5.20. The SMILES string of the molecule is CCN(CC1CCOCC1)C1CC2CCC(C1)N2. The Labute approximate surface area is 111 Å². The van der Waals surface area contributed by atoms with Crippen molar-refractivity contribution in [3.8, 4) is 0 Å². The van der Waals surface area contributed by atoms with Crippen LogP contribution in [-0.4, -0.2) is 49.3 Å². The minimum atomic E-state index is 0.817. The van der Waals surface area contributed by atoms with Gasteiger partial charge in [0, 0.05) is 37.9 Å². The molecule has 3 heterocycles. The topological polar surface area (TPSA) is 24.5 Å². The van der Waals surface area contributed by atoms with E-state index in [4.69, 9.17) is 4.74 Å². The summed E-state index contributed by atoms with van der Waals surface area (Å²) in [6.07, 6.45) is 8.13. The van der Waals surface area contributed by atoms with Gasteiger partial charge in [0.15, 0.2) is 0 Å². The lowest BCUT2D eigenvalue weighted by Crippen LogP contribution is -2.49. The van der Waals surface area contributed by atoms with Crippen LogP contribution in [0.2, 0.25) is 0 Å². The largest absolute Gasteiger partial charge is 0.381 e. The lowest BCUT2D eigenvalue weighted by Gasteiger charge is -2.39. The van der Waals surface area contributed by atoms with E-state index in [1.165, 1.54) is 51.6 Å². The summed E-state index contributed by atoms with van der Waals surface area (Å²) in [4.78, 5) is 2.77. The molecule has 0 radical (unpaired) electrons. The molecule has 0 aromatic rings. The highest BCUT2D eigenvalue weighted by Crippen LogP contribution is 2.30. The summed E-state index contributed by atoms with van der Waals surface area (Å²) in [5.41, 5.74) is 0. The van der Waals surface area contributed by atoms with Crippen molar-refractivity contribution in [3.63, 3.8) is 0 Å². The molecule has 0 spiro atoms. The fraction of sp³-hybridized carbons (Fsp3) is 1.00. The third kappa shape index (κ3) is 2.89. The highest BCUT2D eigenvalue weighted by atomic mass is 16.5. The van der Waals surface area contributed by atoms with Gasteiger partial charge in [-0.1, -0.05) is 6.92 Å². The highest BCUT2D eigenvalue weighted by molar-refractivity contribution is 4.95. The fourth-order valence-corrected chi connectivity index (χ4v) is 4.12. The standard InChI is InChI=1S/C15H28N2O/c1-2-17(11-12-5-7-18-8-6-12)15-9-13-3-4-14(10-15)16-13/h12-16H,2-11H2,1H3. The van der Waals surface area contributed by atoms with Crippen molar-refractivity contribution in [1.82, 2.24) is 10.2 Å². The number of nitrogens with one attached hydrogen (secondary N) is 1. The van der Waals surface area contributed by atoms with E-state index in [2.05, 4.69) is 17.1 Å². The molecule has 0 aliphatic carbocycles. The molecular formula is C15H28N2O. The Bertz CT molecular complexity index is 253. The normalized spacial score (nSPS) is 37.3. The molecule has 3 fully saturated rings. The quantitative estimate of drug-likeness (QED) is 0.828. The Morgan fingerprint density at radius 1 is 1.06 bits per heavy atom. The van der Waals surface area contributed by atoms with E-state index in [0.29, 0.717) is 0 Å². The van der Waals surface area contributed by atoms with Gasteiger partial charge in [0.2, 0.25) is 0 Å². The minimum Gasteiger partial charge on any atom is -0.381 e. The van der Waals surface area contributed by atoms with Crippen molar-refractivity contribution in [2.24, 2.45) is 5.92 Å². The van der Waals surface area contributed by atoms with Gasteiger partial charge in [0.25, 0.3) is 0 Å². The van der Waals surface area contributed by atoms with Crippen LogP contribution in [0.4, 0.5) is 0 Å². The van der Waals surface area contributed by atoms with Gasteiger partial charge >= 0.3 is 0 Å². The van der Waals surface area contributed by atoms with Crippen molar-refractivity contribution in [2.45, 2.75) is 63.6 Å². The molecule has 0 aromatic heterocycles. The van der Waals surface area contributed by atoms with Crippen LogP contribution in [0.15, 0.2) is 0 Å². The Morgan fingerprint density at radius 3 is 2.33 bits per heavy atom. The molecule has 2 unspecified atom stereocenters. The molecule has 104 valence electrons. The van der Waals surface area contributed by atoms with Crippen LogP contribution >= 0.6 is 0 Å². The molecule has 3 rings (SSSR count). The zero-order valence-corrected chi connectivity index (χ0v) is 11.7. The Kier molecular flexibility index (Phi) is 4.22. The van der Waals surface area contributed by atoms with Gasteiger partial charge in [-0.25, -0.2) is 0 Å². The molecule has 3 aliphatic heterocycles. The molecule has 0 saturated carbocycles. The lowest BCUT2D eigenvalue weighted by molar-refractivity contribution is 0.0406. The second-order valence-electron chi connectivity index (χ2n) is 6.41. The van der Waals surface area contributed by atoms with Crippen LogP contribution in [0.3, 0.4) is 0 Å². The van der Waals surface area contributed by atoms with Gasteiger partial charge in [-0.3, -0.25) is 0 Å². The number of nitrogens with zero attached hydrogens (tertiary/aromatic N) is 1. The van der Waals surface area contributed by atoms with E-state index in [0.717, 1.165) is 37.3 Å². The number of rotatable bonds is 4. The predicted octanol–water partition coefficient (Wildman–Crippen LogP) is 2.02. The van der Waals surface area contributed by atoms with E-state index in [1.807, 2.05) is 0 Å². The van der Waals surface area contributed by atoms with Crippen molar-refractivity contribution >= 4 is 0 Å². The van der Waals surface area contributed by atoms with Gasteiger partial charge in [0.05, 0.1) is 0 Å². The van der Waals surface area contributed by atoms with Crippen molar-refractivity contribution in [2.75, 3.05) is 26.3 Å². The predicted molar refractivity (Wildman–Crippen MR) is 73.8 cm³/mol. The molecule has 2 atom stereocenters. The van der Waals surface area contributed by atoms with Gasteiger partial charge in [-0.05, 0) is 51.0 Å². The molecule has 18 heavy (non-hydrogen) atoms. The summed E-state index contributed by atoms with van der Waals surface area (Å²) in [5, 5.41) is 3.76. The molecule has 3 aliphatic rings. The second kappa shape index (κ2) is 5.89. The summed E-state index contributed by atoms with van der Waals surface area (Å²) in [6.45, 7) is 6.84. The molecule has 2 bridgehead atoms. The number of piperidine rings is 1. The maximum absolute atomic E-state index is 5.48. The molecule has 1 N–H and O–H groups in total. The van der Waals surface area contributed by atoms with Gasteiger partial charge < -0.3 is 15.0 Å². The summed E-state index contributed by atoms with van der Waals surface area (Å²) >= 11 is 0. The highest BCUT2D eigenvalue weighted by Gasteiger charge is 2.36. The third-order valence-electron chi connectivity index (χ3n) is 5.20. The van der Waals surface area contributed by atoms with E-state index in [9.17, 15) is 0 Å². The van der Waals surface area contributed by atoms with Crippen LogP contribution in [0.1, 0.15) is 45.4 Å². The summed E-state index contributed by atoms with van der Waals surface area (Å²) in [5.74, 6) is 0.881. The van der Waals surface area contributed by atoms with Crippen LogP contribution in [0.5, 0.6) is 0 Å². The molecular weight excluding hydrogens is 224 g/mol. The first-order valence-corrected chi connectivity index (χ1v) is 7.93. The lowest BCUT2D eigenvalue weighted by atomic mass is 9.94. The van der Waals surface area contributed by atoms with Gasteiger partial charge in [-0.2, -0.15) is 0 Å². The van der Waals surface area contributed by atoms with Crippen LogP contribution in [0.25, 0.3) is 0 Å². The monoisotopic (exact) mass is 252 g/mol. The Morgan fingerprint density at radius 2 is 1.72 bits per heavy atom. The number of hydrogen-bond acceptors (Lipinski definition) is 3.